The van der Waals surface area contributed by atoms with E-state index in [1.807, 2.05) is 20.0 Å². The molecule has 1 N–H and O–H groups in total. The summed E-state index contributed by atoms with van der Waals surface area (Å²) in [4.78, 5) is 27.4. The van der Waals surface area contributed by atoms with Gasteiger partial charge in [-0.25, -0.2) is 9.18 Å². The number of rotatable bonds is 7. The van der Waals surface area contributed by atoms with Crippen LogP contribution in [0.4, 0.5) is 4.39 Å². The average molecular weight is 495 g/mol. The number of amides is 1. The fourth-order valence-electron chi connectivity index (χ4n) is 4.96. The Kier molecular flexibility index (Phi) is 7.45. The van der Waals surface area contributed by atoms with Gasteiger partial charge in [-0.2, -0.15) is 0 Å². The van der Waals surface area contributed by atoms with Gasteiger partial charge >= 0.3 is 5.97 Å². The lowest BCUT2D eigenvalue weighted by Gasteiger charge is -2.14. The van der Waals surface area contributed by atoms with Crippen LogP contribution in [0.1, 0.15) is 46.8 Å². The van der Waals surface area contributed by atoms with Crippen LogP contribution in [0.3, 0.4) is 0 Å². The van der Waals surface area contributed by atoms with Crippen molar-refractivity contribution in [3.05, 3.63) is 64.0 Å². The Morgan fingerprint density at radius 3 is 2.39 bits per heavy atom. The molecule has 1 unspecified atom stereocenters. The van der Waals surface area contributed by atoms with Crippen LogP contribution in [0.25, 0.3) is 17.2 Å². The van der Waals surface area contributed by atoms with Crippen LogP contribution >= 0.6 is 0 Å². The number of likely N-dealkylation sites (N-methyl/N-ethyl adjacent to an activating group) is 1. The third-order valence-electron chi connectivity index (χ3n) is 6.78. The first-order valence-electron chi connectivity index (χ1n) is 11.8. The second kappa shape index (κ2) is 10.5. The molecule has 8 heteroatoms. The van der Waals surface area contributed by atoms with E-state index >= 15 is 0 Å². The second-order valence-electron chi connectivity index (χ2n) is 9.14. The van der Waals surface area contributed by atoms with Crippen LogP contribution in [0.5, 0.6) is 11.5 Å². The smallest absolute Gasteiger partial charge is 0.345 e. The van der Waals surface area contributed by atoms with Crippen LogP contribution in [-0.2, 0) is 9.53 Å². The number of fused-ring (bicyclic) bond motifs is 1. The molecule has 7 nitrogen and oxygen atoms in total. The molecule has 0 bridgehead atoms. The van der Waals surface area contributed by atoms with Crippen molar-refractivity contribution in [3.8, 4) is 11.5 Å². The lowest BCUT2D eigenvalue weighted by molar-refractivity contribution is -0.120. The van der Waals surface area contributed by atoms with E-state index < -0.39 is 5.97 Å². The van der Waals surface area contributed by atoms with Gasteiger partial charge in [0.05, 0.1) is 27.8 Å². The Morgan fingerprint density at radius 1 is 1.11 bits per heavy atom. The molecule has 0 radical (unpaired) electrons. The minimum Gasteiger partial charge on any atom is -0.496 e. The predicted octanol–water partition coefficient (Wildman–Crippen LogP) is 4.17. The highest BCUT2D eigenvalue weighted by Crippen LogP contribution is 2.44. The van der Waals surface area contributed by atoms with Gasteiger partial charge in [-0.05, 0) is 90.7 Å². The highest BCUT2D eigenvalue weighted by Gasteiger charge is 2.28. The zero-order valence-electron chi connectivity index (χ0n) is 21.2. The van der Waals surface area contributed by atoms with E-state index in [0.29, 0.717) is 17.1 Å². The Labute approximate surface area is 210 Å². The molecule has 1 atom stereocenters. The first-order chi connectivity index (χ1) is 17.2. The maximum Gasteiger partial charge on any atom is 0.345 e. The molecule has 0 spiro atoms. The Bertz CT molecular complexity index is 1240. The van der Waals surface area contributed by atoms with E-state index in [2.05, 4.69) is 10.2 Å². The van der Waals surface area contributed by atoms with Crippen molar-refractivity contribution in [1.29, 1.82) is 0 Å². The molecular formula is C28H31FN2O5. The summed E-state index contributed by atoms with van der Waals surface area (Å²) in [5.74, 6) is -0.375. The monoisotopic (exact) mass is 494 g/mol. The molecule has 0 saturated carbocycles. The van der Waals surface area contributed by atoms with E-state index in [9.17, 15) is 14.0 Å². The molecule has 1 fully saturated rings. The van der Waals surface area contributed by atoms with E-state index in [1.165, 1.54) is 33.5 Å². The lowest BCUT2D eigenvalue weighted by atomic mass is 9.99. The van der Waals surface area contributed by atoms with Crippen molar-refractivity contribution in [3.63, 3.8) is 0 Å². The fourth-order valence-corrected chi connectivity index (χ4v) is 4.96. The van der Waals surface area contributed by atoms with Crippen molar-refractivity contribution in [2.45, 2.75) is 25.8 Å². The third kappa shape index (κ3) is 4.99. The number of nitrogens with zero attached hydrogens (tertiary/aromatic N) is 1. The third-order valence-corrected chi connectivity index (χ3v) is 6.78. The number of allylic oxidation sites excluding steroid dienone is 2. The largest absolute Gasteiger partial charge is 0.496 e. The maximum absolute atomic E-state index is 14.3. The average Bonchev–Trinajstić information content (AvgIpc) is 3.38. The van der Waals surface area contributed by atoms with E-state index in [0.717, 1.165) is 47.4 Å². The zero-order chi connectivity index (χ0) is 26.0. The number of likely N-dealkylation sites (tertiary alicyclic amines) is 1. The van der Waals surface area contributed by atoms with Gasteiger partial charge in [0.25, 0.3) is 0 Å². The number of esters is 1. The number of hydrogen-bond donors (Lipinski definition) is 1. The lowest BCUT2D eigenvalue weighted by Crippen LogP contribution is -2.36. The van der Waals surface area contributed by atoms with Crippen LogP contribution in [0.15, 0.2) is 35.9 Å². The summed E-state index contributed by atoms with van der Waals surface area (Å²) < 4.78 is 30.0. The minimum atomic E-state index is -0.567. The molecule has 1 amide bonds. The van der Waals surface area contributed by atoms with Gasteiger partial charge < -0.3 is 24.4 Å². The summed E-state index contributed by atoms with van der Waals surface area (Å²) in [5.41, 5.74) is 5.02. The van der Waals surface area contributed by atoms with Crippen LogP contribution in [0.2, 0.25) is 0 Å². The Morgan fingerprint density at radius 2 is 1.81 bits per heavy atom. The molecule has 4 rings (SSSR count). The van der Waals surface area contributed by atoms with Gasteiger partial charge in [-0.15, -0.1) is 0 Å². The summed E-state index contributed by atoms with van der Waals surface area (Å²) in [7, 11) is 6.27. The van der Waals surface area contributed by atoms with Gasteiger partial charge in [0.1, 0.15) is 22.9 Å². The number of hydrogen-bond acceptors (Lipinski definition) is 6. The van der Waals surface area contributed by atoms with Gasteiger partial charge in [0.15, 0.2) is 0 Å². The predicted molar refractivity (Wildman–Crippen MR) is 136 cm³/mol. The summed E-state index contributed by atoms with van der Waals surface area (Å²) in [6.07, 6.45) is 3.00. The minimum absolute atomic E-state index is 0.0770. The topological polar surface area (TPSA) is 77.1 Å². The zero-order valence-corrected chi connectivity index (χ0v) is 21.2. The van der Waals surface area contributed by atoms with Crippen molar-refractivity contribution in [2.24, 2.45) is 0 Å². The molecule has 1 saturated heterocycles. The number of ether oxygens (including phenoxy) is 3. The summed E-state index contributed by atoms with van der Waals surface area (Å²) in [6, 6.07) is 8.19. The first kappa shape index (κ1) is 25.4. The van der Waals surface area contributed by atoms with Crippen LogP contribution in [-0.4, -0.2) is 64.3 Å². The van der Waals surface area contributed by atoms with Crippen molar-refractivity contribution >= 4 is 29.1 Å². The summed E-state index contributed by atoms with van der Waals surface area (Å²) in [5, 5.41) is 3.11. The number of methoxy groups -OCH3 is 3. The number of carbonyl (C=O) groups excluding carboxylic acids is 2. The van der Waals surface area contributed by atoms with E-state index in [4.69, 9.17) is 14.2 Å². The molecule has 36 heavy (non-hydrogen) atoms. The molecule has 1 aliphatic carbocycles. The number of carbonyl (C=O) groups is 2. The fraction of sp³-hybridized carbons (Fsp3) is 0.357. The molecular weight excluding hydrogens is 463 g/mol. The van der Waals surface area contributed by atoms with Crippen molar-refractivity contribution in [2.75, 3.05) is 41.5 Å². The highest BCUT2D eigenvalue weighted by atomic mass is 19.1. The maximum atomic E-state index is 14.3. The highest BCUT2D eigenvalue weighted by molar-refractivity contribution is 6.08. The number of halogens is 1. The first-order valence-corrected chi connectivity index (χ1v) is 11.8. The SMILES string of the molecule is COC(=O)c1c(OC)cc(/C=C2/C(C)=C(CC(=O)NC3CCN(C)C3)c3cc(F)ccc32)cc1OC. The molecule has 2 aromatic carbocycles. The quantitative estimate of drug-likeness (QED) is 0.583. The molecule has 2 aliphatic rings. The van der Waals surface area contributed by atoms with Gasteiger partial charge in [0, 0.05) is 12.6 Å². The van der Waals surface area contributed by atoms with Crippen LogP contribution < -0.4 is 14.8 Å². The van der Waals surface area contributed by atoms with Crippen molar-refractivity contribution < 1.29 is 28.2 Å². The molecule has 2 aromatic rings. The van der Waals surface area contributed by atoms with Gasteiger partial charge in [-0.1, -0.05) is 6.07 Å². The molecule has 190 valence electrons. The number of nitrogens with one attached hydrogen (secondary N) is 1. The normalized spacial score (nSPS) is 18.4. The number of benzene rings is 2. The summed E-state index contributed by atoms with van der Waals surface area (Å²) in [6.45, 7) is 3.72. The standard InChI is InChI=1S/C28H31FN2O5/c1-16-21(10-17-11-24(34-3)27(28(33)36-5)25(12-17)35-4)20-7-6-18(29)13-23(20)22(16)14-26(32)30-19-8-9-31(2)15-19/h6-7,10-13,19H,8-9,14-15H2,1-5H3,(H,30,32)/b21-10-. The Balaban J connectivity index is 1.73. The van der Waals surface area contributed by atoms with E-state index in [1.54, 1.807) is 18.2 Å². The van der Waals surface area contributed by atoms with Gasteiger partial charge in [-0.3, -0.25) is 4.79 Å². The molecule has 1 aliphatic heterocycles. The van der Waals surface area contributed by atoms with E-state index in [-0.39, 0.29) is 29.8 Å². The Hall–Kier alpha value is -3.65. The van der Waals surface area contributed by atoms with Gasteiger partial charge in [0.2, 0.25) is 5.91 Å². The summed E-state index contributed by atoms with van der Waals surface area (Å²) >= 11 is 0. The molecule has 1 heterocycles. The van der Waals surface area contributed by atoms with Crippen molar-refractivity contribution in [1.82, 2.24) is 10.2 Å². The van der Waals surface area contributed by atoms with Crippen LogP contribution in [0, 0.1) is 5.82 Å². The second-order valence-corrected chi connectivity index (χ2v) is 9.14. The molecule has 0 aromatic heterocycles.